The molecule has 3 rings (SSSR count). The minimum absolute atomic E-state index is 0.0576. The van der Waals surface area contributed by atoms with Gasteiger partial charge in [0.15, 0.2) is 5.82 Å². The SMILES string of the molecule is CCC(C)Nc1ccc(NS(=O)(=O)c2ccc3c(c2)CC(=O)N3C)nn1. The summed E-state index contributed by atoms with van der Waals surface area (Å²) in [7, 11) is -2.14. The van der Waals surface area contributed by atoms with Crippen molar-refractivity contribution in [2.24, 2.45) is 0 Å². The summed E-state index contributed by atoms with van der Waals surface area (Å²) in [6.07, 6.45) is 1.14. The Morgan fingerprint density at radius 3 is 2.54 bits per heavy atom. The molecule has 1 aromatic carbocycles. The summed E-state index contributed by atoms with van der Waals surface area (Å²) in [6, 6.07) is 8.11. The molecule has 1 amide bonds. The van der Waals surface area contributed by atoms with E-state index in [1.165, 1.54) is 17.0 Å². The molecule has 138 valence electrons. The van der Waals surface area contributed by atoms with Crippen LogP contribution < -0.4 is 14.9 Å². The maximum absolute atomic E-state index is 12.6. The van der Waals surface area contributed by atoms with Crippen molar-refractivity contribution in [1.29, 1.82) is 0 Å². The van der Waals surface area contributed by atoms with Gasteiger partial charge in [0.1, 0.15) is 5.82 Å². The number of carbonyl (C=O) groups excluding carboxylic acids is 1. The molecule has 1 aromatic heterocycles. The van der Waals surface area contributed by atoms with E-state index in [0.29, 0.717) is 11.4 Å². The smallest absolute Gasteiger partial charge is 0.263 e. The van der Waals surface area contributed by atoms with Gasteiger partial charge in [-0.2, -0.15) is 0 Å². The van der Waals surface area contributed by atoms with Gasteiger partial charge in [0.25, 0.3) is 10.0 Å². The summed E-state index contributed by atoms with van der Waals surface area (Å²) in [6.45, 7) is 4.07. The zero-order chi connectivity index (χ0) is 18.9. The molecule has 1 atom stereocenters. The number of hydrogen-bond donors (Lipinski definition) is 2. The second-order valence-electron chi connectivity index (χ2n) is 6.28. The van der Waals surface area contributed by atoms with Crippen LogP contribution in [-0.4, -0.2) is 37.6 Å². The predicted octanol–water partition coefficient (Wildman–Crippen LogP) is 2.01. The highest BCUT2D eigenvalue weighted by Crippen LogP contribution is 2.30. The number of amides is 1. The van der Waals surface area contributed by atoms with Gasteiger partial charge in [0, 0.05) is 18.8 Å². The van der Waals surface area contributed by atoms with E-state index in [0.717, 1.165) is 12.1 Å². The molecule has 2 heterocycles. The van der Waals surface area contributed by atoms with E-state index < -0.39 is 10.0 Å². The van der Waals surface area contributed by atoms with Crippen LogP contribution in [0, 0.1) is 0 Å². The lowest BCUT2D eigenvalue weighted by molar-refractivity contribution is -0.117. The first-order valence-electron chi connectivity index (χ1n) is 8.32. The molecular formula is C17H21N5O3S. The highest BCUT2D eigenvalue weighted by atomic mass is 32.2. The summed E-state index contributed by atoms with van der Waals surface area (Å²) >= 11 is 0. The zero-order valence-corrected chi connectivity index (χ0v) is 15.7. The van der Waals surface area contributed by atoms with E-state index in [2.05, 4.69) is 27.2 Å². The fourth-order valence-corrected chi connectivity index (χ4v) is 3.68. The first-order valence-corrected chi connectivity index (χ1v) is 9.81. The van der Waals surface area contributed by atoms with Gasteiger partial charge in [-0.1, -0.05) is 6.92 Å². The second-order valence-corrected chi connectivity index (χ2v) is 7.97. The zero-order valence-electron chi connectivity index (χ0n) is 14.9. The standard InChI is InChI=1S/C17H21N5O3S/c1-4-11(2)18-15-7-8-16(20-19-15)21-26(24,25)13-5-6-14-12(9-13)10-17(23)22(14)3/h5-9,11H,4,10H2,1-3H3,(H,18,19)(H,20,21). The van der Waals surface area contributed by atoms with E-state index in [9.17, 15) is 13.2 Å². The van der Waals surface area contributed by atoms with Crippen molar-refractivity contribution in [2.75, 3.05) is 22.0 Å². The van der Waals surface area contributed by atoms with Crippen LogP contribution in [0.1, 0.15) is 25.8 Å². The third kappa shape index (κ3) is 3.62. The molecule has 2 N–H and O–H groups in total. The van der Waals surface area contributed by atoms with E-state index >= 15 is 0 Å². The highest BCUT2D eigenvalue weighted by Gasteiger charge is 2.26. The third-order valence-electron chi connectivity index (χ3n) is 4.35. The van der Waals surface area contributed by atoms with Gasteiger partial charge in [-0.15, -0.1) is 10.2 Å². The van der Waals surface area contributed by atoms with Gasteiger partial charge in [-0.05, 0) is 49.2 Å². The molecular weight excluding hydrogens is 354 g/mol. The lowest BCUT2D eigenvalue weighted by Crippen LogP contribution is -2.20. The van der Waals surface area contributed by atoms with Gasteiger partial charge in [-0.25, -0.2) is 8.42 Å². The number of likely N-dealkylation sites (N-methyl/N-ethyl adjacent to an activating group) is 1. The number of hydrogen-bond acceptors (Lipinski definition) is 6. The Kier molecular flexibility index (Phi) is 4.82. The van der Waals surface area contributed by atoms with Crippen LogP contribution in [0.3, 0.4) is 0 Å². The summed E-state index contributed by atoms with van der Waals surface area (Å²) in [4.78, 5) is 13.4. The van der Waals surface area contributed by atoms with E-state index in [4.69, 9.17) is 0 Å². The second kappa shape index (κ2) is 6.91. The molecule has 1 unspecified atom stereocenters. The Hall–Kier alpha value is -2.68. The number of benzene rings is 1. The van der Waals surface area contributed by atoms with Crippen LogP contribution in [-0.2, 0) is 21.2 Å². The van der Waals surface area contributed by atoms with Crippen molar-refractivity contribution in [3.05, 3.63) is 35.9 Å². The van der Waals surface area contributed by atoms with E-state index in [1.54, 1.807) is 25.2 Å². The summed E-state index contributed by atoms with van der Waals surface area (Å²) < 4.78 is 27.6. The van der Waals surface area contributed by atoms with Crippen LogP contribution in [0.15, 0.2) is 35.2 Å². The van der Waals surface area contributed by atoms with Crippen molar-refractivity contribution in [3.63, 3.8) is 0 Å². The van der Waals surface area contributed by atoms with Crippen molar-refractivity contribution < 1.29 is 13.2 Å². The summed E-state index contributed by atoms with van der Waals surface area (Å²) in [5, 5.41) is 11.1. The number of nitrogens with one attached hydrogen (secondary N) is 2. The summed E-state index contributed by atoms with van der Waals surface area (Å²) in [5.41, 5.74) is 1.42. The molecule has 0 saturated carbocycles. The molecule has 26 heavy (non-hydrogen) atoms. The monoisotopic (exact) mass is 375 g/mol. The maximum Gasteiger partial charge on any atom is 0.263 e. The van der Waals surface area contributed by atoms with Crippen molar-refractivity contribution in [1.82, 2.24) is 10.2 Å². The van der Waals surface area contributed by atoms with Gasteiger partial charge in [-0.3, -0.25) is 9.52 Å². The van der Waals surface area contributed by atoms with Gasteiger partial charge < -0.3 is 10.2 Å². The maximum atomic E-state index is 12.6. The van der Waals surface area contributed by atoms with Crippen LogP contribution >= 0.6 is 0 Å². The van der Waals surface area contributed by atoms with Crippen molar-refractivity contribution >= 4 is 33.3 Å². The van der Waals surface area contributed by atoms with Gasteiger partial charge in [0.2, 0.25) is 5.91 Å². The number of carbonyl (C=O) groups is 1. The molecule has 9 heteroatoms. The minimum atomic E-state index is -3.81. The quantitative estimate of drug-likeness (QED) is 0.800. The lowest BCUT2D eigenvalue weighted by atomic mass is 10.2. The van der Waals surface area contributed by atoms with E-state index in [-0.39, 0.29) is 29.1 Å². The van der Waals surface area contributed by atoms with Crippen LogP contribution in [0.2, 0.25) is 0 Å². The fraction of sp³-hybridized carbons (Fsp3) is 0.353. The molecule has 8 nitrogen and oxygen atoms in total. The Morgan fingerprint density at radius 1 is 1.19 bits per heavy atom. The van der Waals surface area contributed by atoms with Crippen LogP contribution in [0.5, 0.6) is 0 Å². The Morgan fingerprint density at radius 2 is 1.88 bits per heavy atom. The Labute approximate surface area is 152 Å². The average Bonchev–Trinajstić information content (AvgIpc) is 2.90. The Bertz CT molecular complexity index is 928. The topological polar surface area (TPSA) is 104 Å². The number of aromatic nitrogens is 2. The Balaban J connectivity index is 1.77. The minimum Gasteiger partial charge on any atom is -0.366 e. The van der Waals surface area contributed by atoms with Crippen molar-refractivity contribution in [3.8, 4) is 0 Å². The molecule has 2 aromatic rings. The molecule has 0 bridgehead atoms. The van der Waals surface area contributed by atoms with Crippen molar-refractivity contribution in [2.45, 2.75) is 37.6 Å². The summed E-state index contributed by atoms with van der Waals surface area (Å²) in [5.74, 6) is 0.660. The molecule has 1 aliphatic heterocycles. The fourth-order valence-electron chi connectivity index (χ4n) is 2.63. The van der Waals surface area contributed by atoms with Gasteiger partial charge in [0.05, 0.1) is 11.3 Å². The third-order valence-corrected chi connectivity index (χ3v) is 5.70. The number of rotatable bonds is 6. The lowest BCUT2D eigenvalue weighted by Gasteiger charge is -2.13. The first-order chi connectivity index (χ1) is 12.3. The highest BCUT2D eigenvalue weighted by molar-refractivity contribution is 7.92. The first kappa shape index (κ1) is 18.1. The number of fused-ring (bicyclic) bond motifs is 1. The molecule has 1 aliphatic rings. The molecule has 0 aliphatic carbocycles. The predicted molar refractivity (Wildman–Crippen MR) is 99.8 cm³/mol. The normalized spacial score (nSPS) is 14.9. The number of nitrogens with zero attached hydrogens (tertiary/aromatic N) is 3. The molecule has 0 spiro atoms. The number of sulfonamides is 1. The largest absolute Gasteiger partial charge is 0.366 e. The molecule has 0 saturated heterocycles. The average molecular weight is 375 g/mol. The number of anilines is 3. The van der Waals surface area contributed by atoms with Crippen LogP contribution in [0.4, 0.5) is 17.3 Å². The van der Waals surface area contributed by atoms with E-state index in [1.807, 2.05) is 6.92 Å². The van der Waals surface area contributed by atoms with Gasteiger partial charge >= 0.3 is 0 Å². The molecule has 0 fully saturated rings. The molecule has 0 radical (unpaired) electrons. The van der Waals surface area contributed by atoms with Crippen LogP contribution in [0.25, 0.3) is 0 Å².